The smallest absolute Gasteiger partial charge is 0.330 e. The number of hydrogen-bond donors (Lipinski definition) is 0. The molecule has 0 radical (unpaired) electrons. The third-order valence-electron chi connectivity index (χ3n) is 2.76. The fraction of sp³-hybridized carbons (Fsp3) is 0.105. The Morgan fingerprint density at radius 1 is 1.00 bits per heavy atom. The summed E-state index contributed by atoms with van der Waals surface area (Å²) >= 11 is 0. The molecule has 108 valence electrons. The summed E-state index contributed by atoms with van der Waals surface area (Å²) in [7, 11) is 0. The molecule has 2 nitrogen and oxygen atoms in total. The number of benzene rings is 2. The minimum Gasteiger partial charge on any atom is -0.455 e. The van der Waals surface area contributed by atoms with Gasteiger partial charge < -0.3 is 4.74 Å². The number of ether oxygens (including phenoxy) is 1. The first-order chi connectivity index (χ1) is 10.2. The van der Waals surface area contributed by atoms with E-state index < -0.39 is 5.97 Å². The first kappa shape index (κ1) is 16.4. The van der Waals surface area contributed by atoms with Crippen molar-refractivity contribution in [2.45, 2.75) is 13.0 Å². The lowest BCUT2D eigenvalue weighted by Crippen LogP contribution is -2.05. The SMILES string of the molecule is C=CC(=O)OC(C)c1ccccc1.C=Cc1ccccc1. The second-order valence-electron chi connectivity index (χ2n) is 4.31. The van der Waals surface area contributed by atoms with Crippen molar-refractivity contribution in [3.63, 3.8) is 0 Å². The van der Waals surface area contributed by atoms with E-state index in [9.17, 15) is 4.79 Å². The van der Waals surface area contributed by atoms with E-state index in [0.29, 0.717) is 0 Å². The van der Waals surface area contributed by atoms with Gasteiger partial charge in [0.05, 0.1) is 0 Å². The molecule has 0 spiro atoms. The van der Waals surface area contributed by atoms with Gasteiger partial charge in [-0.3, -0.25) is 0 Å². The Morgan fingerprint density at radius 2 is 1.52 bits per heavy atom. The predicted octanol–water partition coefficient (Wildman–Crippen LogP) is 4.81. The molecule has 1 atom stereocenters. The Hall–Kier alpha value is -2.61. The van der Waals surface area contributed by atoms with Crippen LogP contribution in [0.5, 0.6) is 0 Å². The van der Waals surface area contributed by atoms with Crippen LogP contribution in [0.1, 0.15) is 24.2 Å². The molecule has 0 amide bonds. The van der Waals surface area contributed by atoms with E-state index in [1.54, 1.807) is 0 Å². The van der Waals surface area contributed by atoms with Crippen LogP contribution in [0.4, 0.5) is 0 Å². The van der Waals surface area contributed by atoms with E-state index >= 15 is 0 Å². The van der Waals surface area contributed by atoms with Crippen molar-refractivity contribution in [1.82, 2.24) is 0 Å². The molecule has 0 aliphatic heterocycles. The van der Waals surface area contributed by atoms with Crippen molar-refractivity contribution in [1.29, 1.82) is 0 Å². The average molecular weight is 280 g/mol. The summed E-state index contributed by atoms with van der Waals surface area (Å²) in [4.78, 5) is 10.9. The molecule has 2 aromatic rings. The largest absolute Gasteiger partial charge is 0.455 e. The molecule has 2 heteroatoms. The first-order valence-electron chi connectivity index (χ1n) is 6.73. The van der Waals surface area contributed by atoms with Crippen LogP contribution in [0, 0.1) is 0 Å². The first-order valence-corrected chi connectivity index (χ1v) is 6.73. The van der Waals surface area contributed by atoms with Gasteiger partial charge >= 0.3 is 5.97 Å². The van der Waals surface area contributed by atoms with E-state index in [1.165, 1.54) is 11.6 Å². The van der Waals surface area contributed by atoms with Crippen LogP contribution in [0.2, 0.25) is 0 Å². The highest BCUT2D eigenvalue weighted by Crippen LogP contribution is 2.15. The van der Waals surface area contributed by atoms with Gasteiger partial charge in [-0.25, -0.2) is 4.79 Å². The van der Waals surface area contributed by atoms with Gasteiger partial charge in [0.2, 0.25) is 0 Å². The molecule has 0 bridgehead atoms. The van der Waals surface area contributed by atoms with Gasteiger partial charge in [0, 0.05) is 6.08 Å². The van der Waals surface area contributed by atoms with Crippen molar-refractivity contribution >= 4 is 12.0 Å². The van der Waals surface area contributed by atoms with Gasteiger partial charge in [0.15, 0.2) is 0 Å². The highest BCUT2D eigenvalue weighted by molar-refractivity contribution is 5.81. The maximum Gasteiger partial charge on any atom is 0.330 e. The van der Waals surface area contributed by atoms with Crippen molar-refractivity contribution < 1.29 is 9.53 Å². The summed E-state index contributed by atoms with van der Waals surface area (Å²) in [5, 5.41) is 0. The lowest BCUT2D eigenvalue weighted by molar-refractivity contribution is -0.142. The summed E-state index contributed by atoms with van der Waals surface area (Å²) in [6.07, 6.45) is 2.78. The number of rotatable bonds is 4. The number of carbonyl (C=O) groups is 1. The van der Waals surface area contributed by atoms with E-state index in [-0.39, 0.29) is 6.10 Å². The highest BCUT2D eigenvalue weighted by atomic mass is 16.5. The van der Waals surface area contributed by atoms with Crippen molar-refractivity contribution in [2.24, 2.45) is 0 Å². The summed E-state index contributed by atoms with van der Waals surface area (Å²) in [6, 6.07) is 19.6. The number of hydrogen-bond acceptors (Lipinski definition) is 2. The van der Waals surface area contributed by atoms with Gasteiger partial charge in [-0.2, -0.15) is 0 Å². The van der Waals surface area contributed by atoms with Crippen LogP contribution < -0.4 is 0 Å². The monoisotopic (exact) mass is 280 g/mol. The third-order valence-corrected chi connectivity index (χ3v) is 2.76. The number of carbonyl (C=O) groups excluding carboxylic acids is 1. The van der Waals surface area contributed by atoms with Crippen molar-refractivity contribution in [2.75, 3.05) is 0 Å². The lowest BCUT2D eigenvalue weighted by atomic mass is 10.1. The molecule has 0 saturated heterocycles. The minimum absolute atomic E-state index is 0.216. The molecule has 0 aliphatic carbocycles. The van der Waals surface area contributed by atoms with Gasteiger partial charge in [-0.15, -0.1) is 0 Å². The second-order valence-corrected chi connectivity index (χ2v) is 4.31. The molecule has 0 aromatic heterocycles. The average Bonchev–Trinajstić information content (AvgIpc) is 2.56. The fourth-order valence-electron chi connectivity index (χ4n) is 1.60. The highest BCUT2D eigenvalue weighted by Gasteiger charge is 2.07. The standard InChI is InChI=1S/C11H12O2.C8H8/c1-3-11(12)13-9(2)10-7-5-4-6-8-10;1-2-8-6-4-3-5-7-8/h3-9H,1H2,2H3;2-7H,1H2. The molecule has 21 heavy (non-hydrogen) atoms. The second kappa shape index (κ2) is 9.32. The molecule has 2 aromatic carbocycles. The quantitative estimate of drug-likeness (QED) is 0.593. The normalized spacial score (nSPS) is 10.5. The van der Waals surface area contributed by atoms with Crippen LogP contribution >= 0.6 is 0 Å². The van der Waals surface area contributed by atoms with E-state index in [1.807, 2.05) is 73.7 Å². The van der Waals surface area contributed by atoms with Crippen LogP contribution in [0.25, 0.3) is 6.08 Å². The summed E-state index contributed by atoms with van der Waals surface area (Å²) in [6.45, 7) is 8.79. The minimum atomic E-state index is -0.392. The van der Waals surface area contributed by atoms with Crippen molar-refractivity contribution in [3.8, 4) is 0 Å². The van der Waals surface area contributed by atoms with Crippen LogP contribution in [-0.2, 0) is 9.53 Å². The molecule has 2 rings (SSSR count). The topological polar surface area (TPSA) is 26.3 Å². The molecule has 0 fully saturated rings. The molecule has 0 aliphatic rings. The zero-order valence-corrected chi connectivity index (χ0v) is 12.2. The summed E-state index contributed by atoms with van der Waals surface area (Å²) in [5.74, 6) is -0.392. The molecular weight excluding hydrogens is 260 g/mol. The van der Waals surface area contributed by atoms with Gasteiger partial charge in [0.1, 0.15) is 6.10 Å². The summed E-state index contributed by atoms with van der Waals surface area (Å²) < 4.78 is 5.03. The summed E-state index contributed by atoms with van der Waals surface area (Å²) in [5.41, 5.74) is 2.16. The van der Waals surface area contributed by atoms with Crippen molar-refractivity contribution in [3.05, 3.63) is 91.0 Å². The predicted molar refractivity (Wildman–Crippen MR) is 87.7 cm³/mol. The zero-order valence-electron chi connectivity index (χ0n) is 12.2. The van der Waals surface area contributed by atoms with E-state index in [4.69, 9.17) is 4.74 Å². The molecule has 0 saturated carbocycles. The number of esters is 1. The Balaban J connectivity index is 0.000000235. The van der Waals surface area contributed by atoms with E-state index in [2.05, 4.69) is 13.2 Å². The molecule has 0 heterocycles. The molecule has 1 unspecified atom stereocenters. The Kier molecular flexibility index (Phi) is 7.30. The van der Waals surface area contributed by atoms with Crippen LogP contribution in [-0.4, -0.2) is 5.97 Å². The van der Waals surface area contributed by atoms with E-state index in [0.717, 1.165) is 5.56 Å². The lowest BCUT2D eigenvalue weighted by Gasteiger charge is -2.11. The molecule has 0 N–H and O–H groups in total. The van der Waals surface area contributed by atoms with Crippen LogP contribution in [0.15, 0.2) is 79.9 Å². The van der Waals surface area contributed by atoms with Crippen LogP contribution in [0.3, 0.4) is 0 Å². The Morgan fingerprint density at radius 3 is 1.95 bits per heavy atom. The maximum absolute atomic E-state index is 10.9. The third kappa shape index (κ3) is 6.39. The van der Waals surface area contributed by atoms with Gasteiger partial charge in [0.25, 0.3) is 0 Å². The maximum atomic E-state index is 10.9. The Bertz CT molecular complexity index is 559. The zero-order chi connectivity index (χ0) is 15.5. The van der Waals surface area contributed by atoms with Gasteiger partial charge in [-0.1, -0.05) is 79.9 Å². The Labute approximate surface area is 126 Å². The van der Waals surface area contributed by atoms with Gasteiger partial charge in [-0.05, 0) is 18.1 Å². The fourth-order valence-corrected chi connectivity index (χ4v) is 1.60. The molecular formula is C19H20O2.